The molecule has 1 atom stereocenters. The minimum atomic E-state index is -0.754. The molecule has 1 spiro atoms. The van der Waals surface area contributed by atoms with Crippen molar-refractivity contribution in [3.05, 3.63) is 36.3 Å². The topological polar surface area (TPSA) is 78.7 Å². The van der Waals surface area contributed by atoms with Crippen molar-refractivity contribution in [2.24, 2.45) is 0 Å². The highest BCUT2D eigenvalue weighted by atomic mass is 16.2. The van der Waals surface area contributed by atoms with Crippen LogP contribution in [-0.4, -0.2) is 44.9 Å². The molecule has 2 aromatic rings. The summed E-state index contributed by atoms with van der Waals surface area (Å²) in [5, 5.41) is 5.95. The van der Waals surface area contributed by atoms with Gasteiger partial charge in [0.05, 0.1) is 12.2 Å². The average Bonchev–Trinajstić information content (AvgIpc) is 3.14. The Labute approximate surface area is 120 Å². The van der Waals surface area contributed by atoms with Crippen LogP contribution in [0.2, 0.25) is 0 Å². The van der Waals surface area contributed by atoms with Gasteiger partial charge in [0.25, 0.3) is 5.91 Å². The smallest absolute Gasteiger partial charge is 0.322 e. The first kappa shape index (κ1) is 12.3. The molecule has 3 amide bonds. The first-order chi connectivity index (χ1) is 10.2. The Morgan fingerprint density at radius 2 is 2.24 bits per heavy atom. The summed E-state index contributed by atoms with van der Waals surface area (Å²) < 4.78 is 1.88. The van der Waals surface area contributed by atoms with Crippen molar-refractivity contribution in [2.75, 3.05) is 13.1 Å². The maximum Gasteiger partial charge on any atom is 0.325 e. The molecule has 0 aliphatic carbocycles. The van der Waals surface area contributed by atoms with Gasteiger partial charge in [0, 0.05) is 18.9 Å². The van der Waals surface area contributed by atoms with E-state index in [1.54, 1.807) is 0 Å². The molecular formula is C14H15N5O2. The molecule has 0 radical (unpaired) electrons. The summed E-state index contributed by atoms with van der Waals surface area (Å²) in [6, 6.07) is 5.36. The zero-order valence-corrected chi connectivity index (χ0v) is 11.4. The number of rotatable bonds is 2. The highest BCUT2D eigenvalue weighted by molar-refractivity contribution is 6.07. The van der Waals surface area contributed by atoms with Crippen molar-refractivity contribution in [3.63, 3.8) is 0 Å². The fourth-order valence-electron chi connectivity index (χ4n) is 3.03. The molecule has 2 fully saturated rings. The maximum atomic E-state index is 12.5. The largest absolute Gasteiger partial charge is 0.325 e. The number of nitrogens with one attached hydrogen (secondary N) is 2. The summed E-state index contributed by atoms with van der Waals surface area (Å²) >= 11 is 0. The van der Waals surface area contributed by atoms with Crippen LogP contribution in [0.15, 0.2) is 30.6 Å². The van der Waals surface area contributed by atoms with Crippen molar-refractivity contribution in [2.45, 2.75) is 18.5 Å². The molecule has 0 aromatic carbocycles. The van der Waals surface area contributed by atoms with Crippen molar-refractivity contribution >= 4 is 17.6 Å². The minimum Gasteiger partial charge on any atom is -0.322 e. The van der Waals surface area contributed by atoms with E-state index in [1.807, 2.05) is 35.0 Å². The third-order valence-electron chi connectivity index (χ3n) is 4.14. The summed E-state index contributed by atoms with van der Waals surface area (Å²) in [7, 11) is 0. The van der Waals surface area contributed by atoms with E-state index in [0.29, 0.717) is 18.7 Å². The lowest BCUT2D eigenvalue weighted by atomic mass is 9.99. The van der Waals surface area contributed by atoms with Gasteiger partial charge in [-0.3, -0.25) is 9.69 Å². The lowest BCUT2D eigenvalue weighted by molar-refractivity contribution is -0.131. The van der Waals surface area contributed by atoms with Crippen LogP contribution in [-0.2, 0) is 11.3 Å². The number of carbonyl (C=O) groups excluding carboxylic acids is 2. The van der Waals surface area contributed by atoms with Crippen molar-refractivity contribution in [1.29, 1.82) is 0 Å². The van der Waals surface area contributed by atoms with Crippen LogP contribution in [0.4, 0.5) is 4.79 Å². The number of carbonyl (C=O) groups is 2. The Balaban J connectivity index is 1.61. The van der Waals surface area contributed by atoms with E-state index in [-0.39, 0.29) is 18.5 Å². The molecule has 0 bridgehead atoms. The van der Waals surface area contributed by atoms with Crippen LogP contribution in [0.3, 0.4) is 0 Å². The molecule has 0 saturated carbocycles. The zero-order chi connectivity index (χ0) is 14.4. The molecule has 2 N–H and O–H groups in total. The summed E-state index contributed by atoms with van der Waals surface area (Å²) in [5.74, 6) is -0.158. The maximum absolute atomic E-state index is 12.5. The monoisotopic (exact) mass is 285 g/mol. The van der Waals surface area contributed by atoms with Gasteiger partial charge in [0.2, 0.25) is 0 Å². The Morgan fingerprint density at radius 1 is 1.33 bits per heavy atom. The SMILES string of the molecule is O=C1NC2(CCNC2)C(=O)N1Cc1cn2ccccc2n1. The van der Waals surface area contributed by atoms with Gasteiger partial charge < -0.3 is 15.0 Å². The minimum absolute atomic E-state index is 0.158. The highest BCUT2D eigenvalue weighted by Crippen LogP contribution is 2.25. The van der Waals surface area contributed by atoms with E-state index in [2.05, 4.69) is 15.6 Å². The molecular weight excluding hydrogens is 270 g/mol. The standard InChI is InChI=1S/C14H15N5O2/c20-12-14(4-5-15-9-14)17-13(21)19(12)8-10-7-18-6-2-1-3-11(18)16-10/h1-3,6-7,15H,4-5,8-9H2,(H,17,21). The number of nitrogens with zero attached hydrogens (tertiary/aromatic N) is 3. The van der Waals surface area contributed by atoms with E-state index >= 15 is 0 Å². The molecule has 108 valence electrons. The Kier molecular flexibility index (Phi) is 2.52. The Bertz CT molecular complexity index is 699. The fraction of sp³-hybridized carbons (Fsp3) is 0.357. The van der Waals surface area contributed by atoms with Crippen LogP contribution < -0.4 is 10.6 Å². The number of pyridine rings is 1. The predicted octanol–water partition coefficient (Wildman–Crippen LogP) is 0.118. The van der Waals surface area contributed by atoms with Crippen LogP contribution in [0.25, 0.3) is 5.65 Å². The summed E-state index contributed by atoms with van der Waals surface area (Å²) in [6.45, 7) is 1.45. The van der Waals surface area contributed by atoms with Gasteiger partial charge >= 0.3 is 6.03 Å². The quantitative estimate of drug-likeness (QED) is 0.768. The number of hydrogen-bond acceptors (Lipinski definition) is 4. The van der Waals surface area contributed by atoms with Gasteiger partial charge in [-0.2, -0.15) is 0 Å². The molecule has 7 heteroatoms. The second-order valence-corrected chi connectivity index (χ2v) is 5.53. The second-order valence-electron chi connectivity index (χ2n) is 5.53. The lowest BCUT2D eigenvalue weighted by Crippen LogP contribution is -2.48. The normalized spacial score (nSPS) is 25.2. The fourth-order valence-corrected chi connectivity index (χ4v) is 3.03. The number of fused-ring (bicyclic) bond motifs is 1. The van der Waals surface area contributed by atoms with E-state index in [9.17, 15) is 9.59 Å². The number of aromatic nitrogens is 2. The first-order valence-corrected chi connectivity index (χ1v) is 6.95. The molecule has 2 aliphatic rings. The number of amides is 3. The van der Waals surface area contributed by atoms with Crippen LogP contribution in [0.1, 0.15) is 12.1 Å². The average molecular weight is 285 g/mol. The van der Waals surface area contributed by atoms with Crippen molar-refractivity contribution < 1.29 is 9.59 Å². The molecule has 4 rings (SSSR count). The molecule has 7 nitrogen and oxygen atoms in total. The van der Waals surface area contributed by atoms with E-state index in [0.717, 1.165) is 12.2 Å². The number of urea groups is 1. The van der Waals surface area contributed by atoms with Gasteiger partial charge in [0.15, 0.2) is 0 Å². The van der Waals surface area contributed by atoms with Crippen LogP contribution >= 0.6 is 0 Å². The third-order valence-corrected chi connectivity index (χ3v) is 4.14. The highest BCUT2D eigenvalue weighted by Gasteiger charge is 2.52. The van der Waals surface area contributed by atoms with Crippen molar-refractivity contribution in [3.8, 4) is 0 Å². The van der Waals surface area contributed by atoms with Gasteiger partial charge in [-0.15, -0.1) is 0 Å². The summed E-state index contributed by atoms with van der Waals surface area (Å²) in [5.41, 5.74) is 0.750. The number of hydrogen-bond donors (Lipinski definition) is 2. The van der Waals surface area contributed by atoms with Gasteiger partial charge in [-0.25, -0.2) is 9.78 Å². The molecule has 2 aromatic heterocycles. The molecule has 2 aliphatic heterocycles. The van der Waals surface area contributed by atoms with Gasteiger partial charge in [-0.1, -0.05) is 6.07 Å². The Morgan fingerprint density at radius 3 is 3.00 bits per heavy atom. The van der Waals surface area contributed by atoms with Gasteiger partial charge in [-0.05, 0) is 25.1 Å². The van der Waals surface area contributed by atoms with E-state index < -0.39 is 5.54 Å². The lowest BCUT2D eigenvalue weighted by Gasteiger charge is -2.18. The zero-order valence-electron chi connectivity index (χ0n) is 11.4. The molecule has 21 heavy (non-hydrogen) atoms. The van der Waals surface area contributed by atoms with Crippen LogP contribution in [0, 0.1) is 0 Å². The van der Waals surface area contributed by atoms with Crippen molar-refractivity contribution in [1.82, 2.24) is 24.9 Å². The Hall–Kier alpha value is -2.41. The number of imide groups is 1. The van der Waals surface area contributed by atoms with Crippen LogP contribution in [0.5, 0.6) is 0 Å². The molecule has 1 unspecified atom stereocenters. The summed E-state index contributed by atoms with van der Waals surface area (Å²) in [6.07, 6.45) is 4.37. The van der Waals surface area contributed by atoms with E-state index in [1.165, 1.54) is 4.90 Å². The molecule has 4 heterocycles. The van der Waals surface area contributed by atoms with Gasteiger partial charge in [0.1, 0.15) is 11.2 Å². The third kappa shape index (κ3) is 1.81. The molecule has 2 saturated heterocycles. The first-order valence-electron chi connectivity index (χ1n) is 6.95. The predicted molar refractivity (Wildman–Crippen MR) is 74.5 cm³/mol. The second kappa shape index (κ2) is 4.29. The summed E-state index contributed by atoms with van der Waals surface area (Å²) in [4.78, 5) is 30.3. The van der Waals surface area contributed by atoms with E-state index in [4.69, 9.17) is 0 Å². The number of imidazole rings is 1.